The first-order valence-electron chi connectivity index (χ1n) is 7.49. The van der Waals surface area contributed by atoms with Gasteiger partial charge in [-0.05, 0) is 33.3 Å². The zero-order valence-electron chi connectivity index (χ0n) is 13.4. The van der Waals surface area contributed by atoms with Crippen LogP contribution in [0.1, 0.15) is 45.8 Å². The summed E-state index contributed by atoms with van der Waals surface area (Å²) >= 11 is 0. The van der Waals surface area contributed by atoms with E-state index in [2.05, 4.69) is 19.2 Å². The van der Waals surface area contributed by atoms with Gasteiger partial charge in [-0.15, -0.1) is 0 Å². The van der Waals surface area contributed by atoms with Gasteiger partial charge in [0.25, 0.3) is 0 Å². The number of nitrogens with one attached hydrogen (secondary N) is 1. The quantitative estimate of drug-likeness (QED) is 0.896. The second-order valence-corrected chi connectivity index (χ2v) is 7.27. The molecule has 2 rings (SSSR count). The third-order valence-corrected chi connectivity index (χ3v) is 3.79. The van der Waals surface area contributed by atoms with Gasteiger partial charge in [-0.25, -0.2) is 0 Å². The molecule has 0 bridgehead atoms. The Morgan fingerprint density at radius 3 is 2.43 bits per heavy atom. The van der Waals surface area contributed by atoms with Crippen molar-refractivity contribution in [3.05, 3.63) is 35.9 Å². The smallest absolute Gasteiger partial charge is 0.224 e. The Hall–Kier alpha value is -1.39. The molecule has 2 N–H and O–H groups in total. The summed E-state index contributed by atoms with van der Waals surface area (Å²) in [6.07, 6.45) is -0.204. The highest BCUT2D eigenvalue weighted by Crippen LogP contribution is 2.24. The van der Waals surface area contributed by atoms with E-state index in [-0.39, 0.29) is 17.0 Å². The lowest BCUT2D eigenvalue weighted by Crippen LogP contribution is -2.53. The lowest BCUT2D eigenvalue weighted by molar-refractivity contribution is -0.133. The maximum Gasteiger partial charge on any atom is 0.224 e. The van der Waals surface area contributed by atoms with Crippen molar-refractivity contribution in [1.29, 1.82) is 0 Å². The Bertz CT molecular complexity index is 497. The average Bonchev–Trinajstić information content (AvgIpc) is 2.43. The summed E-state index contributed by atoms with van der Waals surface area (Å²) in [6, 6.07) is 9.50. The van der Waals surface area contributed by atoms with Crippen LogP contribution in [-0.2, 0) is 4.79 Å². The van der Waals surface area contributed by atoms with Gasteiger partial charge >= 0.3 is 0 Å². The number of nitrogens with zero attached hydrogens (tertiary/aromatic N) is 1. The molecule has 1 heterocycles. The lowest BCUT2D eigenvalue weighted by Gasteiger charge is -2.34. The molecule has 1 aliphatic rings. The number of rotatable bonds is 3. The van der Waals surface area contributed by atoms with E-state index in [0.717, 1.165) is 5.56 Å². The molecule has 1 amide bonds. The van der Waals surface area contributed by atoms with Gasteiger partial charge in [0.05, 0.1) is 12.6 Å². The normalized spacial score (nSPS) is 22.7. The topological polar surface area (TPSA) is 52.6 Å². The van der Waals surface area contributed by atoms with E-state index in [9.17, 15) is 9.90 Å². The van der Waals surface area contributed by atoms with Crippen molar-refractivity contribution in [2.24, 2.45) is 0 Å². The SMILES string of the molecule is CC1(C)CC(=O)N(CC(O)c2ccccc2)CC(C)(C)N1. The maximum atomic E-state index is 12.5. The Labute approximate surface area is 127 Å². The molecular weight excluding hydrogens is 264 g/mol. The van der Waals surface area contributed by atoms with Gasteiger partial charge in [0.15, 0.2) is 0 Å². The highest BCUT2D eigenvalue weighted by molar-refractivity contribution is 5.78. The second kappa shape index (κ2) is 5.78. The molecule has 0 aliphatic carbocycles. The van der Waals surface area contributed by atoms with Crippen LogP contribution in [0.3, 0.4) is 0 Å². The fourth-order valence-corrected chi connectivity index (χ4v) is 3.21. The van der Waals surface area contributed by atoms with Crippen molar-refractivity contribution >= 4 is 5.91 Å². The van der Waals surface area contributed by atoms with E-state index in [4.69, 9.17) is 0 Å². The summed E-state index contributed by atoms with van der Waals surface area (Å²) in [5, 5.41) is 13.9. The number of hydrogen-bond acceptors (Lipinski definition) is 3. The first-order valence-corrected chi connectivity index (χ1v) is 7.49. The van der Waals surface area contributed by atoms with Crippen molar-refractivity contribution in [1.82, 2.24) is 10.2 Å². The molecule has 1 aromatic carbocycles. The number of carbonyl (C=O) groups is 1. The molecule has 1 aromatic rings. The largest absolute Gasteiger partial charge is 0.387 e. The van der Waals surface area contributed by atoms with Crippen LogP contribution in [0, 0.1) is 0 Å². The van der Waals surface area contributed by atoms with E-state index in [1.165, 1.54) is 0 Å². The van der Waals surface area contributed by atoms with Crippen molar-refractivity contribution in [3.8, 4) is 0 Å². The van der Waals surface area contributed by atoms with Gasteiger partial charge in [0, 0.05) is 24.0 Å². The van der Waals surface area contributed by atoms with Crippen LogP contribution in [0.2, 0.25) is 0 Å². The molecule has 21 heavy (non-hydrogen) atoms. The molecule has 1 unspecified atom stereocenters. The molecule has 4 heteroatoms. The molecular formula is C17H26N2O2. The Balaban J connectivity index is 2.13. The van der Waals surface area contributed by atoms with E-state index < -0.39 is 6.10 Å². The summed E-state index contributed by atoms with van der Waals surface area (Å²) in [5.41, 5.74) is 0.443. The van der Waals surface area contributed by atoms with Crippen LogP contribution in [0.15, 0.2) is 30.3 Å². The minimum Gasteiger partial charge on any atom is -0.387 e. The Morgan fingerprint density at radius 2 is 1.81 bits per heavy atom. The van der Waals surface area contributed by atoms with Gasteiger partial charge in [-0.1, -0.05) is 30.3 Å². The van der Waals surface area contributed by atoms with E-state index in [1.54, 1.807) is 4.90 Å². The molecule has 1 aliphatic heterocycles. The Kier molecular flexibility index (Phi) is 4.40. The number of carbonyl (C=O) groups excluding carboxylic acids is 1. The minimum atomic E-state index is -0.646. The minimum absolute atomic E-state index is 0.0908. The fraction of sp³-hybridized carbons (Fsp3) is 0.588. The van der Waals surface area contributed by atoms with E-state index >= 15 is 0 Å². The van der Waals surface area contributed by atoms with Crippen LogP contribution in [0.25, 0.3) is 0 Å². The number of aliphatic hydroxyl groups excluding tert-OH is 1. The van der Waals surface area contributed by atoms with Gasteiger partial charge in [-0.3, -0.25) is 4.79 Å². The van der Waals surface area contributed by atoms with Crippen molar-refractivity contribution < 1.29 is 9.90 Å². The molecule has 0 saturated carbocycles. The Morgan fingerprint density at radius 1 is 1.19 bits per heavy atom. The highest BCUT2D eigenvalue weighted by atomic mass is 16.3. The van der Waals surface area contributed by atoms with Crippen LogP contribution in [0.5, 0.6) is 0 Å². The summed E-state index contributed by atoms with van der Waals surface area (Å²) in [7, 11) is 0. The molecule has 1 saturated heterocycles. The van der Waals surface area contributed by atoms with Gasteiger partial charge < -0.3 is 15.3 Å². The molecule has 116 valence electrons. The van der Waals surface area contributed by atoms with Crippen LogP contribution in [-0.4, -0.2) is 40.1 Å². The second-order valence-electron chi connectivity index (χ2n) is 7.27. The zero-order valence-corrected chi connectivity index (χ0v) is 13.4. The molecule has 4 nitrogen and oxygen atoms in total. The zero-order chi connectivity index (χ0) is 15.7. The van der Waals surface area contributed by atoms with Crippen LogP contribution in [0.4, 0.5) is 0 Å². The fourth-order valence-electron chi connectivity index (χ4n) is 3.21. The molecule has 1 atom stereocenters. The molecule has 0 radical (unpaired) electrons. The van der Waals surface area contributed by atoms with Crippen molar-refractivity contribution in [3.63, 3.8) is 0 Å². The summed E-state index contributed by atoms with van der Waals surface area (Å²) < 4.78 is 0. The summed E-state index contributed by atoms with van der Waals surface area (Å²) in [4.78, 5) is 14.2. The lowest BCUT2D eigenvalue weighted by atomic mass is 9.96. The van der Waals surface area contributed by atoms with Gasteiger partial charge in [0.2, 0.25) is 5.91 Å². The van der Waals surface area contributed by atoms with E-state index in [0.29, 0.717) is 19.5 Å². The summed E-state index contributed by atoms with van der Waals surface area (Å²) in [5.74, 6) is 0.0908. The van der Waals surface area contributed by atoms with Gasteiger partial charge in [-0.2, -0.15) is 0 Å². The number of amides is 1. The number of benzene rings is 1. The first kappa shape index (κ1) is 16.0. The van der Waals surface area contributed by atoms with Crippen molar-refractivity contribution in [2.45, 2.75) is 51.3 Å². The molecule has 1 fully saturated rings. The predicted molar refractivity (Wildman–Crippen MR) is 83.9 cm³/mol. The number of aliphatic hydroxyl groups is 1. The average molecular weight is 290 g/mol. The third-order valence-electron chi connectivity index (χ3n) is 3.79. The molecule has 0 spiro atoms. The molecule has 0 aromatic heterocycles. The van der Waals surface area contributed by atoms with E-state index in [1.807, 2.05) is 44.2 Å². The van der Waals surface area contributed by atoms with Gasteiger partial charge in [0.1, 0.15) is 0 Å². The number of β-amino-alcohol motifs (C(OH)–C–C–N with tert-alkyl or cyclic N) is 1. The third kappa shape index (κ3) is 4.29. The monoisotopic (exact) mass is 290 g/mol. The standard InChI is InChI=1S/C17H26N2O2/c1-16(2)10-15(21)19(12-17(3,4)18-16)11-14(20)13-8-6-5-7-9-13/h5-9,14,18,20H,10-12H2,1-4H3. The first-order chi connectivity index (χ1) is 9.69. The maximum absolute atomic E-state index is 12.5. The van der Waals surface area contributed by atoms with Crippen molar-refractivity contribution in [2.75, 3.05) is 13.1 Å². The summed E-state index contributed by atoms with van der Waals surface area (Å²) in [6.45, 7) is 9.21. The van der Waals surface area contributed by atoms with Crippen LogP contribution < -0.4 is 5.32 Å². The number of hydrogen-bond donors (Lipinski definition) is 2. The predicted octanol–water partition coefficient (Wildman–Crippen LogP) is 2.10. The van der Waals surface area contributed by atoms with Crippen LogP contribution >= 0.6 is 0 Å². The highest BCUT2D eigenvalue weighted by Gasteiger charge is 2.37.